The molecule has 0 spiro atoms. The number of carboxylic acid groups (broad SMARTS) is 1. The van der Waals surface area contributed by atoms with Gasteiger partial charge in [0.1, 0.15) is 6.61 Å². The second kappa shape index (κ2) is 3.25. The summed E-state index contributed by atoms with van der Waals surface area (Å²) >= 11 is 0. The van der Waals surface area contributed by atoms with E-state index in [0.29, 0.717) is 0 Å². The molecule has 0 radical (unpaired) electrons. The predicted molar refractivity (Wildman–Crippen MR) is 35.9 cm³/mol. The lowest BCUT2D eigenvalue weighted by Gasteiger charge is -1.98. The van der Waals surface area contributed by atoms with Crippen LogP contribution < -0.4 is 0 Å². The molecule has 0 aromatic carbocycles. The minimum absolute atomic E-state index is 0.259. The van der Waals surface area contributed by atoms with Crippen molar-refractivity contribution in [1.29, 1.82) is 0 Å². The van der Waals surface area contributed by atoms with Gasteiger partial charge in [-0.1, -0.05) is 6.08 Å². The maximum Gasteiger partial charge on any atom is 0.506 e. The molecule has 0 aromatic rings. The van der Waals surface area contributed by atoms with Crippen molar-refractivity contribution in [1.82, 2.24) is 0 Å². The third kappa shape index (κ3) is 2.09. The smallest absolute Gasteiger partial charge is 0.450 e. The first-order chi connectivity index (χ1) is 4.79. The summed E-state index contributed by atoms with van der Waals surface area (Å²) in [7, 11) is 0. The predicted octanol–water partition coefficient (Wildman–Crippen LogP) is 1.79. The molecule has 0 amide bonds. The first-order valence-corrected chi connectivity index (χ1v) is 3.32. The molecule has 3 nitrogen and oxygen atoms in total. The highest BCUT2D eigenvalue weighted by atomic mass is 16.7. The molecule has 0 aliphatic heterocycles. The van der Waals surface area contributed by atoms with Crippen molar-refractivity contribution < 1.29 is 14.6 Å². The van der Waals surface area contributed by atoms with E-state index in [4.69, 9.17) is 5.11 Å². The first-order valence-electron chi connectivity index (χ1n) is 3.32. The largest absolute Gasteiger partial charge is 0.506 e. The van der Waals surface area contributed by atoms with E-state index in [2.05, 4.69) is 4.74 Å². The number of carbonyl (C=O) groups is 1. The number of allylic oxidation sites excluding steroid dienone is 1. The van der Waals surface area contributed by atoms with Gasteiger partial charge in [0.25, 0.3) is 0 Å². The Hall–Kier alpha value is -0.990. The molecular weight excluding hydrogens is 132 g/mol. The van der Waals surface area contributed by atoms with E-state index < -0.39 is 6.16 Å². The Labute approximate surface area is 59.3 Å². The van der Waals surface area contributed by atoms with Crippen LogP contribution in [0.3, 0.4) is 0 Å². The molecule has 1 aliphatic rings. The van der Waals surface area contributed by atoms with Crippen LogP contribution in [0.2, 0.25) is 0 Å². The third-order valence-electron chi connectivity index (χ3n) is 1.52. The van der Waals surface area contributed by atoms with Crippen molar-refractivity contribution in [2.45, 2.75) is 19.3 Å². The Morgan fingerprint density at radius 3 is 3.10 bits per heavy atom. The van der Waals surface area contributed by atoms with Gasteiger partial charge in [-0.15, -0.1) is 0 Å². The van der Waals surface area contributed by atoms with Crippen LogP contribution in [0.15, 0.2) is 11.6 Å². The van der Waals surface area contributed by atoms with Gasteiger partial charge in [0.2, 0.25) is 0 Å². The standard InChI is InChI=1S/C7H10O3/c8-7(9)10-5-6-3-1-2-4-6/h3H,1-2,4-5H2,(H,8,9). The summed E-state index contributed by atoms with van der Waals surface area (Å²) in [4.78, 5) is 9.91. The maximum atomic E-state index is 9.91. The molecule has 0 unspecified atom stereocenters. The van der Waals surface area contributed by atoms with E-state index >= 15 is 0 Å². The fraction of sp³-hybridized carbons (Fsp3) is 0.571. The van der Waals surface area contributed by atoms with Crippen LogP contribution in [-0.4, -0.2) is 17.9 Å². The van der Waals surface area contributed by atoms with Gasteiger partial charge in [-0.05, 0) is 24.8 Å². The normalized spacial score (nSPS) is 16.6. The molecule has 10 heavy (non-hydrogen) atoms. The minimum Gasteiger partial charge on any atom is -0.450 e. The molecule has 1 N–H and O–H groups in total. The Balaban J connectivity index is 2.19. The number of hydrogen-bond donors (Lipinski definition) is 1. The molecule has 0 aromatic heterocycles. The van der Waals surface area contributed by atoms with Gasteiger partial charge in [-0.3, -0.25) is 0 Å². The lowest BCUT2D eigenvalue weighted by molar-refractivity contribution is 0.0992. The lowest BCUT2D eigenvalue weighted by Crippen LogP contribution is -2.02. The summed E-state index contributed by atoms with van der Waals surface area (Å²) in [5.74, 6) is 0. The number of rotatable bonds is 2. The molecule has 1 rings (SSSR count). The van der Waals surface area contributed by atoms with E-state index in [9.17, 15) is 4.79 Å². The van der Waals surface area contributed by atoms with Crippen molar-refractivity contribution in [3.63, 3.8) is 0 Å². The highest BCUT2D eigenvalue weighted by molar-refractivity contribution is 5.57. The summed E-state index contributed by atoms with van der Waals surface area (Å²) in [6.45, 7) is 0.259. The van der Waals surface area contributed by atoms with Crippen LogP contribution in [0, 0.1) is 0 Å². The molecule has 0 saturated carbocycles. The van der Waals surface area contributed by atoms with Gasteiger partial charge in [0.05, 0.1) is 0 Å². The molecule has 0 saturated heterocycles. The molecule has 0 fully saturated rings. The molecular formula is C7H10O3. The molecule has 0 heterocycles. The van der Waals surface area contributed by atoms with Crippen LogP contribution in [-0.2, 0) is 4.74 Å². The van der Waals surface area contributed by atoms with E-state index in [0.717, 1.165) is 24.8 Å². The highest BCUT2D eigenvalue weighted by Gasteiger charge is 2.05. The molecule has 56 valence electrons. The van der Waals surface area contributed by atoms with Crippen molar-refractivity contribution in [2.24, 2.45) is 0 Å². The second-order valence-electron chi connectivity index (χ2n) is 2.31. The number of hydrogen-bond acceptors (Lipinski definition) is 2. The van der Waals surface area contributed by atoms with Gasteiger partial charge in [-0.2, -0.15) is 0 Å². The second-order valence-corrected chi connectivity index (χ2v) is 2.31. The average Bonchev–Trinajstić information content (AvgIpc) is 2.34. The number of ether oxygens (including phenoxy) is 1. The van der Waals surface area contributed by atoms with Gasteiger partial charge >= 0.3 is 6.16 Å². The van der Waals surface area contributed by atoms with Crippen LogP contribution in [0.1, 0.15) is 19.3 Å². The summed E-state index contributed by atoms with van der Waals surface area (Å²) in [6.07, 6.45) is 4.06. The molecule has 0 atom stereocenters. The average molecular weight is 142 g/mol. The van der Waals surface area contributed by atoms with Crippen LogP contribution in [0.25, 0.3) is 0 Å². The quantitative estimate of drug-likeness (QED) is 0.472. The first kappa shape index (κ1) is 7.12. The third-order valence-corrected chi connectivity index (χ3v) is 1.52. The summed E-state index contributed by atoms with van der Waals surface area (Å²) in [5, 5.41) is 8.12. The molecule has 1 aliphatic carbocycles. The Bertz CT molecular complexity index is 160. The van der Waals surface area contributed by atoms with Crippen molar-refractivity contribution >= 4 is 6.16 Å². The zero-order valence-corrected chi connectivity index (χ0v) is 5.67. The Morgan fingerprint density at radius 2 is 2.60 bits per heavy atom. The Morgan fingerprint density at radius 1 is 1.80 bits per heavy atom. The molecule has 3 heteroatoms. The van der Waals surface area contributed by atoms with E-state index in [1.807, 2.05) is 6.08 Å². The van der Waals surface area contributed by atoms with E-state index in [1.165, 1.54) is 0 Å². The zero-order valence-electron chi connectivity index (χ0n) is 5.67. The summed E-state index contributed by atoms with van der Waals surface area (Å²) in [5.41, 5.74) is 1.11. The van der Waals surface area contributed by atoms with Gasteiger partial charge in [0.15, 0.2) is 0 Å². The van der Waals surface area contributed by atoms with E-state index in [1.54, 1.807) is 0 Å². The maximum absolute atomic E-state index is 9.91. The summed E-state index contributed by atoms with van der Waals surface area (Å²) < 4.78 is 4.37. The van der Waals surface area contributed by atoms with Gasteiger partial charge in [-0.25, -0.2) is 4.79 Å². The van der Waals surface area contributed by atoms with E-state index in [-0.39, 0.29) is 6.61 Å². The molecule has 0 bridgehead atoms. The monoisotopic (exact) mass is 142 g/mol. The fourth-order valence-electron chi connectivity index (χ4n) is 1.02. The lowest BCUT2D eigenvalue weighted by atomic mass is 10.2. The van der Waals surface area contributed by atoms with Crippen molar-refractivity contribution in [3.8, 4) is 0 Å². The van der Waals surface area contributed by atoms with Crippen LogP contribution in [0.4, 0.5) is 4.79 Å². The summed E-state index contributed by atoms with van der Waals surface area (Å²) in [6, 6.07) is 0. The highest BCUT2D eigenvalue weighted by Crippen LogP contribution is 2.17. The zero-order chi connectivity index (χ0) is 7.40. The van der Waals surface area contributed by atoms with Gasteiger partial charge < -0.3 is 9.84 Å². The van der Waals surface area contributed by atoms with Crippen LogP contribution in [0.5, 0.6) is 0 Å². The SMILES string of the molecule is O=C(O)OCC1=CCCC1. The van der Waals surface area contributed by atoms with Crippen molar-refractivity contribution in [3.05, 3.63) is 11.6 Å². The van der Waals surface area contributed by atoms with Crippen molar-refractivity contribution in [2.75, 3.05) is 6.61 Å². The topological polar surface area (TPSA) is 46.5 Å². The fourth-order valence-corrected chi connectivity index (χ4v) is 1.02. The van der Waals surface area contributed by atoms with Gasteiger partial charge in [0, 0.05) is 0 Å². The Kier molecular flexibility index (Phi) is 2.31. The minimum atomic E-state index is -1.19. The van der Waals surface area contributed by atoms with Crippen LogP contribution >= 0.6 is 0 Å².